The number of carboxylic acid groups (broad SMARTS) is 1. The number of carbonyl (C=O) groups is 2. The van der Waals surface area contributed by atoms with Crippen molar-refractivity contribution in [3.63, 3.8) is 0 Å². The highest BCUT2D eigenvalue weighted by molar-refractivity contribution is 7.12. The van der Waals surface area contributed by atoms with Gasteiger partial charge in [0.25, 0.3) is 0 Å². The molecule has 0 saturated heterocycles. The van der Waals surface area contributed by atoms with E-state index < -0.39 is 5.97 Å². The van der Waals surface area contributed by atoms with E-state index in [9.17, 15) is 9.59 Å². The average Bonchev–Trinajstić information content (AvgIpc) is 2.87. The Bertz CT molecular complexity index is 465. The number of carboxylic acids is 1. The van der Waals surface area contributed by atoms with Crippen LogP contribution in [-0.4, -0.2) is 17.0 Å². The third-order valence-electron chi connectivity index (χ3n) is 2.79. The number of hydrogen-bond donors (Lipinski definition) is 2. The molecule has 1 amide bonds. The molecule has 1 rings (SSSR count). The van der Waals surface area contributed by atoms with Gasteiger partial charge in [-0.05, 0) is 24.6 Å². The highest BCUT2D eigenvalue weighted by Gasteiger charge is 2.03. The summed E-state index contributed by atoms with van der Waals surface area (Å²) in [5.74, 6) is -0.877. The average molecular weight is 295 g/mol. The maximum Gasteiger partial charge on any atom is 0.328 e. The molecule has 0 atom stereocenters. The summed E-state index contributed by atoms with van der Waals surface area (Å²) in [5.41, 5.74) is 0. The number of aliphatic carboxylic acids is 1. The van der Waals surface area contributed by atoms with Crippen LogP contribution < -0.4 is 5.32 Å². The second-order valence-corrected chi connectivity index (χ2v) is 5.76. The minimum absolute atomic E-state index is 0.0807. The van der Waals surface area contributed by atoms with Crippen LogP contribution in [0.1, 0.15) is 48.8 Å². The summed E-state index contributed by atoms with van der Waals surface area (Å²) in [6.45, 7) is 2.66. The molecule has 0 aromatic carbocycles. The Kier molecular flexibility index (Phi) is 7.65. The Hall–Kier alpha value is -1.62. The smallest absolute Gasteiger partial charge is 0.328 e. The van der Waals surface area contributed by atoms with E-state index in [1.54, 1.807) is 6.08 Å². The standard InChI is InChI=1S/C15H21NO3S/c1-2-3-4-5-6-14(17)16-11-13-8-7-12(20-13)9-10-15(18)19/h7-10H,2-6,11H2,1H3,(H,16,17)(H,18,19)/b10-9+. The Labute approximate surface area is 123 Å². The molecule has 2 N–H and O–H groups in total. The number of nitrogens with one attached hydrogen (secondary N) is 1. The molecule has 4 nitrogen and oxygen atoms in total. The van der Waals surface area contributed by atoms with Crippen molar-refractivity contribution in [2.24, 2.45) is 0 Å². The highest BCUT2D eigenvalue weighted by atomic mass is 32.1. The molecule has 0 spiro atoms. The van der Waals surface area contributed by atoms with Crippen LogP contribution in [0, 0.1) is 0 Å². The Morgan fingerprint density at radius 1 is 1.30 bits per heavy atom. The van der Waals surface area contributed by atoms with Crippen molar-refractivity contribution in [1.29, 1.82) is 0 Å². The number of carbonyl (C=O) groups excluding carboxylic acids is 1. The van der Waals surface area contributed by atoms with Crippen LogP contribution in [0.25, 0.3) is 6.08 Å². The first-order chi connectivity index (χ1) is 9.61. The Balaban J connectivity index is 2.28. The first-order valence-corrected chi connectivity index (χ1v) is 7.70. The summed E-state index contributed by atoms with van der Waals surface area (Å²) in [5, 5.41) is 11.4. The second-order valence-electron chi connectivity index (χ2n) is 4.56. The van der Waals surface area contributed by atoms with Crippen molar-refractivity contribution in [3.05, 3.63) is 28.0 Å². The summed E-state index contributed by atoms with van der Waals surface area (Å²) in [6.07, 6.45) is 7.65. The fraction of sp³-hybridized carbons (Fsp3) is 0.467. The van der Waals surface area contributed by atoms with Gasteiger partial charge >= 0.3 is 5.97 Å². The summed E-state index contributed by atoms with van der Waals surface area (Å²) >= 11 is 1.48. The van der Waals surface area contributed by atoms with Crippen molar-refractivity contribution in [2.75, 3.05) is 0 Å². The van der Waals surface area contributed by atoms with E-state index >= 15 is 0 Å². The molecule has 110 valence electrons. The second kappa shape index (κ2) is 9.31. The van der Waals surface area contributed by atoms with Gasteiger partial charge in [0.15, 0.2) is 0 Å². The largest absolute Gasteiger partial charge is 0.478 e. The molecule has 0 saturated carbocycles. The summed E-state index contributed by atoms with van der Waals surface area (Å²) in [6, 6.07) is 3.76. The van der Waals surface area contributed by atoms with E-state index in [2.05, 4.69) is 12.2 Å². The van der Waals surface area contributed by atoms with E-state index in [0.29, 0.717) is 13.0 Å². The molecule has 1 aromatic heterocycles. The first kappa shape index (κ1) is 16.4. The van der Waals surface area contributed by atoms with E-state index in [1.165, 1.54) is 24.2 Å². The van der Waals surface area contributed by atoms with Gasteiger partial charge in [-0.25, -0.2) is 4.79 Å². The maximum absolute atomic E-state index is 11.6. The molecule has 0 fully saturated rings. The predicted octanol–water partition coefficient (Wildman–Crippen LogP) is 3.43. The molecule has 1 aromatic rings. The van der Waals surface area contributed by atoms with Crippen LogP contribution >= 0.6 is 11.3 Å². The van der Waals surface area contributed by atoms with E-state index in [0.717, 1.165) is 28.7 Å². The summed E-state index contributed by atoms with van der Waals surface area (Å²) < 4.78 is 0. The molecule has 0 aliphatic heterocycles. The van der Waals surface area contributed by atoms with Gasteiger partial charge in [0, 0.05) is 22.3 Å². The molecular formula is C15H21NO3S. The van der Waals surface area contributed by atoms with Gasteiger partial charge in [-0.15, -0.1) is 11.3 Å². The number of thiophene rings is 1. The predicted molar refractivity (Wildman–Crippen MR) is 81.6 cm³/mol. The zero-order valence-electron chi connectivity index (χ0n) is 11.7. The van der Waals surface area contributed by atoms with Gasteiger partial charge in [-0.2, -0.15) is 0 Å². The van der Waals surface area contributed by atoms with Gasteiger partial charge in [0.2, 0.25) is 5.91 Å². The van der Waals surface area contributed by atoms with E-state index in [4.69, 9.17) is 5.11 Å². The number of unbranched alkanes of at least 4 members (excludes halogenated alkanes) is 3. The normalized spacial score (nSPS) is 10.8. The van der Waals surface area contributed by atoms with E-state index in [-0.39, 0.29) is 5.91 Å². The lowest BCUT2D eigenvalue weighted by Crippen LogP contribution is -2.21. The molecule has 0 unspecified atom stereocenters. The van der Waals surface area contributed by atoms with Crippen LogP contribution in [0.5, 0.6) is 0 Å². The molecule has 0 aliphatic rings. The number of amides is 1. The fourth-order valence-corrected chi connectivity index (χ4v) is 2.57. The summed E-state index contributed by atoms with van der Waals surface area (Å²) in [7, 11) is 0. The quantitative estimate of drug-likeness (QED) is 0.542. The van der Waals surface area contributed by atoms with Crippen LogP contribution in [-0.2, 0) is 16.1 Å². The van der Waals surface area contributed by atoms with Crippen molar-refractivity contribution >= 4 is 29.3 Å². The van der Waals surface area contributed by atoms with Crippen LogP contribution in [0.3, 0.4) is 0 Å². The van der Waals surface area contributed by atoms with Gasteiger partial charge in [-0.3, -0.25) is 4.79 Å². The maximum atomic E-state index is 11.6. The van der Waals surface area contributed by atoms with Crippen molar-refractivity contribution in [3.8, 4) is 0 Å². The topological polar surface area (TPSA) is 66.4 Å². The lowest BCUT2D eigenvalue weighted by Gasteiger charge is -2.03. The lowest BCUT2D eigenvalue weighted by molar-refractivity contribution is -0.131. The zero-order valence-corrected chi connectivity index (χ0v) is 12.5. The zero-order chi connectivity index (χ0) is 14.8. The van der Waals surface area contributed by atoms with Crippen LogP contribution in [0.15, 0.2) is 18.2 Å². The van der Waals surface area contributed by atoms with E-state index in [1.807, 2.05) is 12.1 Å². The summed E-state index contributed by atoms with van der Waals surface area (Å²) in [4.78, 5) is 23.9. The third kappa shape index (κ3) is 7.09. The third-order valence-corrected chi connectivity index (χ3v) is 3.84. The van der Waals surface area contributed by atoms with Crippen molar-refractivity contribution in [1.82, 2.24) is 5.32 Å². The first-order valence-electron chi connectivity index (χ1n) is 6.88. The van der Waals surface area contributed by atoms with Crippen LogP contribution in [0.4, 0.5) is 0 Å². The molecule has 20 heavy (non-hydrogen) atoms. The Morgan fingerprint density at radius 2 is 2.10 bits per heavy atom. The highest BCUT2D eigenvalue weighted by Crippen LogP contribution is 2.17. The SMILES string of the molecule is CCCCCCC(=O)NCc1ccc(/C=C/C(=O)O)s1. The molecule has 0 aliphatic carbocycles. The monoisotopic (exact) mass is 295 g/mol. The number of rotatable bonds is 9. The van der Waals surface area contributed by atoms with Gasteiger partial charge < -0.3 is 10.4 Å². The van der Waals surface area contributed by atoms with Gasteiger partial charge in [0.1, 0.15) is 0 Å². The minimum Gasteiger partial charge on any atom is -0.478 e. The molecule has 5 heteroatoms. The Morgan fingerprint density at radius 3 is 2.80 bits per heavy atom. The molecule has 0 bridgehead atoms. The van der Waals surface area contributed by atoms with Crippen LogP contribution in [0.2, 0.25) is 0 Å². The van der Waals surface area contributed by atoms with Gasteiger partial charge in [-0.1, -0.05) is 26.2 Å². The molecule has 1 heterocycles. The molecule has 0 radical (unpaired) electrons. The number of hydrogen-bond acceptors (Lipinski definition) is 3. The molecular weight excluding hydrogens is 274 g/mol. The van der Waals surface area contributed by atoms with Crippen molar-refractivity contribution < 1.29 is 14.7 Å². The van der Waals surface area contributed by atoms with Crippen molar-refractivity contribution in [2.45, 2.75) is 45.6 Å². The lowest BCUT2D eigenvalue weighted by atomic mass is 10.1. The minimum atomic E-state index is -0.958. The van der Waals surface area contributed by atoms with Gasteiger partial charge in [0.05, 0.1) is 6.54 Å². The fourth-order valence-electron chi connectivity index (χ4n) is 1.72.